The molecule has 0 aliphatic rings. The number of carboxylic acids is 1. The lowest BCUT2D eigenvalue weighted by Gasteiger charge is -2.23. The van der Waals surface area contributed by atoms with Crippen molar-refractivity contribution in [2.45, 2.75) is 20.4 Å². The highest BCUT2D eigenvalue weighted by Crippen LogP contribution is 2.23. The average Bonchev–Trinajstić information content (AvgIpc) is 2.84. The molecule has 0 aliphatic carbocycles. The molecule has 1 aromatic carbocycles. The quantitative estimate of drug-likeness (QED) is 0.902. The number of benzene rings is 1. The van der Waals surface area contributed by atoms with Gasteiger partial charge in [0, 0.05) is 18.8 Å². The van der Waals surface area contributed by atoms with Gasteiger partial charge in [0.25, 0.3) is 0 Å². The summed E-state index contributed by atoms with van der Waals surface area (Å²) >= 11 is 1.28. The monoisotopic (exact) mass is 275 g/mol. The van der Waals surface area contributed by atoms with Gasteiger partial charge in [-0.05, 0) is 48.6 Å². The predicted octanol–water partition coefficient (Wildman–Crippen LogP) is 3.78. The number of aromatic carboxylic acids is 1. The molecule has 0 radical (unpaired) electrons. The minimum atomic E-state index is -0.842. The summed E-state index contributed by atoms with van der Waals surface area (Å²) in [4.78, 5) is 13.8. The Balaban J connectivity index is 2.24. The zero-order chi connectivity index (χ0) is 13.8. The predicted molar refractivity (Wildman–Crippen MR) is 79.2 cm³/mol. The summed E-state index contributed by atoms with van der Waals surface area (Å²) in [6, 6.07) is 10.2. The van der Waals surface area contributed by atoms with Crippen molar-refractivity contribution in [1.82, 2.24) is 0 Å². The highest BCUT2D eigenvalue weighted by molar-refractivity contribution is 7.12. The third-order valence-electron chi connectivity index (χ3n) is 3.05. The Hall–Kier alpha value is -1.81. The first-order valence-electron chi connectivity index (χ1n) is 6.23. The van der Waals surface area contributed by atoms with Gasteiger partial charge in [0.05, 0.1) is 0 Å². The number of aryl methyl sites for hydroxylation is 1. The third kappa shape index (κ3) is 3.15. The van der Waals surface area contributed by atoms with E-state index in [2.05, 4.69) is 36.9 Å². The molecule has 19 heavy (non-hydrogen) atoms. The summed E-state index contributed by atoms with van der Waals surface area (Å²) in [6.07, 6.45) is 0. The summed E-state index contributed by atoms with van der Waals surface area (Å²) in [7, 11) is 0. The van der Waals surface area contributed by atoms with Crippen molar-refractivity contribution in [3.8, 4) is 0 Å². The van der Waals surface area contributed by atoms with Crippen molar-refractivity contribution in [2.75, 3.05) is 11.4 Å². The van der Waals surface area contributed by atoms with Crippen molar-refractivity contribution >= 4 is 23.0 Å². The Morgan fingerprint density at radius 3 is 2.79 bits per heavy atom. The maximum absolute atomic E-state index is 11.1. The number of carboxylic acid groups (broad SMARTS) is 1. The first-order valence-corrected chi connectivity index (χ1v) is 7.11. The second-order valence-electron chi connectivity index (χ2n) is 4.43. The first-order chi connectivity index (χ1) is 9.11. The molecule has 0 saturated heterocycles. The van der Waals surface area contributed by atoms with Crippen molar-refractivity contribution in [3.05, 3.63) is 51.7 Å². The second kappa shape index (κ2) is 5.89. The molecule has 2 aromatic rings. The number of rotatable bonds is 5. The van der Waals surface area contributed by atoms with E-state index >= 15 is 0 Å². The number of hydrogen-bond donors (Lipinski definition) is 1. The molecule has 0 amide bonds. The van der Waals surface area contributed by atoms with E-state index in [1.807, 2.05) is 17.5 Å². The SMILES string of the molecule is CCN(Cc1ccsc1C(=O)O)c1cccc(C)c1. The van der Waals surface area contributed by atoms with Gasteiger partial charge in [-0.25, -0.2) is 4.79 Å². The van der Waals surface area contributed by atoms with Crippen LogP contribution in [0.1, 0.15) is 27.7 Å². The van der Waals surface area contributed by atoms with Gasteiger partial charge >= 0.3 is 5.97 Å². The summed E-state index contributed by atoms with van der Waals surface area (Å²) in [5.74, 6) is -0.842. The summed E-state index contributed by atoms with van der Waals surface area (Å²) in [6.45, 7) is 5.61. The molecule has 0 fully saturated rings. The fraction of sp³-hybridized carbons (Fsp3) is 0.267. The fourth-order valence-electron chi connectivity index (χ4n) is 2.06. The topological polar surface area (TPSA) is 40.5 Å². The van der Waals surface area contributed by atoms with Crippen LogP contribution < -0.4 is 4.90 Å². The van der Waals surface area contributed by atoms with Crippen LogP contribution in [-0.2, 0) is 6.54 Å². The van der Waals surface area contributed by atoms with E-state index in [0.717, 1.165) is 17.8 Å². The smallest absolute Gasteiger partial charge is 0.346 e. The second-order valence-corrected chi connectivity index (χ2v) is 5.35. The Bertz CT molecular complexity index is 577. The molecule has 3 nitrogen and oxygen atoms in total. The van der Waals surface area contributed by atoms with Gasteiger partial charge in [0.2, 0.25) is 0 Å². The Labute approximate surface area is 117 Å². The lowest BCUT2D eigenvalue weighted by Crippen LogP contribution is -2.22. The minimum Gasteiger partial charge on any atom is -0.477 e. The number of nitrogens with zero attached hydrogens (tertiary/aromatic N) is 1. The lowest BCUT2D eigenvalue weighted by molar-refractivity contribution is 0.0701. The Morgan fingerprint density at radius 2 is 2.16 bits per heavy atom. The van der Waals surface area contributed by atoms with Gasteiger partial charge < -0.3 is 10.0 Å². The van der Waals surface area contributed by atoms with E-state index in [-0.39, 0.29) is 0 Å². The highest BCUT2D eigenvalue weighted by Gasteiger charge is 2.14. The largest absolute Gasteiger partial charge is 0.477 e. The highest BCUT2D eigenvalue weighted by atomic mass is 32.1. The minimum absolute atomic E-state index is 0.436. The molecule has 4 heteroatoms. The van der Waals surface area contributed by atoms with Crippen LogP contribution in [0.5, 0.6) is 0 Å². The number of anilines is 1. The molecule has 100 valence electrons. The molecule has 1 N–H and O–H groups in total. The molecule has 0 spiro atoms. The van der Waals surface area contributed by atoms with Gasteiger partial charge in [-0.2, -0.15) is 0 Å². The maximum atomic E-state index is 11.1. The standard InChI is InChI=1S/C15H17NO2S/c1-3-16(13-6-4-5-11(2)9-13)10-12-7-8-19-14(12)15(17)18/h4-9H,3,10H2,1-2H3,(H,17,18). The Morgan fingerprint density at radius 1 is 1.37 bits per heavy atom. The van der Waals surface area contributed by atoms with E-state index in [4.69, 9.17) is 5.11 Å². The molecule has 0 atom stereocenters. The molecule has 0 saturated carbocycles. The van der Waals surface area contributed by atoms with Crippen LogP contribution in [0.25, 0.3) is 0 Å². The number of thiophene rings is 1. The van der Waals surface area contributed by atoms with Crippen LogP contribution in [0.3, 0.4) is 0 Å². The van der Waals surface area contributed by atoms with Crippen molar-refractivity contribution < 1.29 is 9.90 Å². The van der Waals surface area contributed by atoms with E-state index < -0.39 is 5.97 Å². The lowest BCUT2D eigenvalue weighted by atomic mass is 10.2. The number of hydrogen-bond acceptors (Lipinski definition) is 3. The van der Waals surface area contributed by atoms with Crippen molar-refractivity contribution in [2.24, 2.45) is 0 Å². The molecule has 0 aliphatic heterocycles. The van der Waals surface area contributed by atoms with E-state index in [0.29, 0.717) is 11.4 Å². The van der Waals surface area contributed by atoms with Crippen molar-refractivity contribution in [3.63, 3.8) is 0 Å². The molecular weight excluding hydrogens is 258 g/mol. The zero-order valence-electron chi connectivity index (χ0n) is 11.1. The Kier molecular flexibility index (Phi) is 4.22. The zero-order valence-corrected chi connectivity index (χ0v) is 11.9. The van der Waals surface area contributed by atoms with Crippen LogP contribution in [0.4, 0.5) is 5.69 Å². The molecule has 2 rings (SSSR count). The number of carbonyl (C=O) groups is 1. The van der Waals surface area contributed by atoms with Crippen LogP contribution >= 0.6 is 11.3 Å². The summed E-state index contributed by atoms with van der Waals surface area (Å²) < 4.78 is 0. The average molecular weight is 275 g/mol. The van der Waals surface area contributed by atoms with Gasteiger partial charge in [0.15, 0.2) is 0 Å². The van der Waals surface area contributed by atoms with Gasteiger partial charge in [-0.1, -0.05) is 12.1 Å². The molecule has 0 bridgehead atoms. The normalized spacial score (nSPS) is 10.4. The molecule has 0 unspecified atom stereocenters. The van der Waals surface area contributed by atoms with Crippen LogP contribution in [0.15, 0.2) is 35.7 Å². The van der Waals surface area contributed by atoms with Crippen LogP contribution in [-0.4, -0.2) is 17.6 Å². The molecular formula is C15H17NO2S. The molecule has 1 heterocycles. The van der Waals surface area contributed by atoms with Gasteiger partial charge in [0.1, 0.15) is 4.88 Å². The third-order valence-corrected chi connectivity index (χ3v) is 4.00. The van der Waals surface area contributed by atoms with Crippen LogP contribution in [0.2, 0.25) is 0 Å². The van der Waals surface area contributed by atoms with Gasteiger partial charge in [-0.15, -0.1) is 11.3 Å². The van der Waals surface area contributed by atoms with Crippen LogP contribution in [0, 0.1) is 6.92 Å². The van der Waals surface area contributed by atoms with E-state index in [9.17, 15) is 4.79 Å². The summed E-state index contributed by atoms with van der Waals surface area (Å²) in [5, 5.41) is 11.0. The first kappa shape index (κ1) is 13.6. The maximum Gasteiger partial charge on any atom is 0.346 e. The van der Waals surface area contributed by atoms with E-state index in [1.54, 1.807) is 0 Å². The molecule has 1 aromatic heterocycles. The summed E-state index contributed by atoms with van der Waals surface area (Å²) in [5.41, 5.74) is 3.21. The fourth-order valence-corrected chi connectivity index (χ4v) is 2.82. The van der Waals surface area contributed by atoms with E-state index in [1.165, 1.54) is 16.9 Å². The van der Waals surface area contributed by atoms with Crippen molar-refractivity contribution in [1.29, 1.82) is 0 Å². The van der Waals surface area contributed by atoms with Gasteiger partial charge in [-0.3, -0.25) is 0 Å².